The molecule has 3 aliphatic heterocycles. The van der Waals surface area contributed by atoms with E-state index in [0.29, 0.717) is 57.1 Å². The summed E-state index contributed by atoms with van der Waals surface area (Å²) in [6, 6.07) is 9.56. The van der Waals surface area contributed by atoms with Crippen molar-refractivity contribution in [3.8, 4) is 0 Å². The van der Waals surface area contributed by atoms with Gasteiger partial charge in [0.2, 0.25) is 23.6 Å². The van der Waals surface area contributed by atoms with Gasteiger partial charge >= 0.3 is 0 Å². The van der Waals surface area contributed by atoms with E-state index in [4.69, 9.17) is 27.8 Å². The number of nitrogen functional groups attached to an aromatic ring is 1. The van der Waals surface area contributed by atoms with Crippen LogP contribution in [-0.2, 0) is 28.7 Å². The maximum Gasteiger partial charge on any atom is 0.277 e. The molecule has 2 aromatic carbocycles. The number of carbonyl (C=O) groups is 5. The summed E-state index contributed by atoms with van der Waals surface area (Å²) in [6.07, 6.45) is 14.6. The van der Waals surface area contributed by atoms with Crippen molar-refractivity contribution in [2.45, 2.75) is 138 Å². The number of imide groups is 1. The Labute approximate surface area is 404 Å². The predicted octanol–water partition coefficient (Wildman–Crippen LogP) is 6.26. The molecular weight excluding hydrogens is 910 g/mol. The fourth-order valence-corrected chi connectivity index (χ4v) is 10.2. The molecule has 3 atom stereocenters. The number of aromatic nitrogens is 4. The molecule has 5 heterocycles. The van der Waals surface area contributed by atoms with Gasteiger partial charge in [0.25, 0.3) is 11.5 Å². The molecule has 5 amide bonds. The minimum Gasteiger partial charge on any atom is -0.381 e. The smallest absolute Gasteiger partial charge is 0.277 e. The molecule has 2 aromatic heterocycles. The van der Waals surface area contributed by atoms with Crippen molar-refractivity contribution in [3.05, 3.63) is 64.2 Å². The number of piperidine rings is 2. The number of hydrogen-bond donors (Lipinski definition) is 6. The van der Waals surface area contributed by atoms with Gasteiger partial charge in [0.1, 0.15) is 16.9 Å². The van der Waals surface area contributed by atoms with Gasteiger partial charge in [0, 0.05) is 67.1 Å². The van der Waals surface area contributed by atoms with Crippen LogP contribution in [0, 0.1) is 5.41 Å². The van der Waals surface area contributed by atoms with Crippen LogP contribution in [-0.4, -0.2) is 87.7 Å². The molecule has 0 aliphatic carbocycles. The van der Waals surface area contributed by atoms with Gasteiger partial charge in [0.15, 0.2) is 5.82 Å². The van der Waals surface area contributed by atoms with Gasteiger partial charge in [-0.1, -0.05) is 86.5 Å². The number of halogens is 1. The normalized spacial score (nSPS) is 19.0. The lowest BCUT2D eigenvalue weighted by atomic mass is 9.73. The quantitative estimate of drug-likeness (QED) is 0.0398. The first-order chi connectivity index (χ1) is 32.8. The SMILES string of the molecule is C[C@H]1OCC2(CCN(c3cnc(Sc4cccc(NC(=O)CCC(=O)NCCCCCCCCCCCC(=O)Nc5cccc6cnn(C7CCC(=O)NC7=O)c(=O)c56)c4Cl)c(N)n3)CC2)[C@H]1N. The largest absolute Gasteiger partial charge is 0.381 e. The lowest BCUT2D eigenvalue weighted by Gasteiger charge is -2.41. The van der Waals surface area contributed by atoms with E-state index in [2.05, 4.69) is 41.2 Å². The predicted molar refractivity (Wildman–Crippen MR) is 262 cm³/mol. The molecule has 1 spiro atoms. The van der Waals surface area contributed by atoms with Crippen LogP contribution in [0.5, 0.6) is 0 Å². The van der Waals surface area contributed by atoms with Crippen LogP contribution < -0.4 is 43.2 Å². The number of benzene rings is 2. The molecule has 3 aliphatic rings. The highest BCUT2D eigenvalue weighted by molar-refractivity contribution is 7.99. The average molecular weight is 973 g/mol. The Bertz CT molecular complexity index is 2540. The van der Waals surface area contributed by atoms with E-state index in [0.717, 1.165) is 88.4 Å². The third-order valence-electron chi connectivity index (χ3n) is 13.2. The summed E-state index contributed by atoms with van der Waals surface area (Å²) in [6.45, 7) is 4.86. The van der Waals surface area contributed by atoms with Crippen molar-refractivity contribution in [2.24, 2.45) is 11.1 Å². The molecule has 4 aromatic rings. The maximum atomic E-state index is 13.4. The van der Waals surface area contributed by atoms with Gasteiger partial charge in [-0.15, -0.1) is 0 Å². The van der Waals surface area contributed by atoms with Crippen LogP contribution in [0.1, 0.15) is 116 Å². The number of unbranched alkanes of at least 4 members (excludes halogenated alkanes) is 8. The van der Waals surface area contributed by atoms with Crippen LogP contribution >= 0.6 is 23.4 Å². The van der Waals surface area contributed by atoms with Gasteiger partial charge in [0.05, 0.1) is 46.9 Å². The summed E-state index contributed by atoms with van der Waals surface area (Å²) in [4.78, 5) is 87.6. The molecule has 8 N–H and O–H groups in total. The number of nitrogens with one attached hydrogen (secondary N) is 4. The Morgan fingerprint density at radius 1 is 0.882 bits per heavy atom. The number of carbonyl (C=O) groups excluding carboxylic acids is 5. The minimum atomic E-state index is -0.893. The molecule has 68 heavy (non-hydrogen) atoms. The molecular formula is C48H62ClN11O7S. The van der Waals surface area contributed by atoms with Crippen LogP contribution in [0.2, 0.25) is 5.02 Å². The van der Waals surface area contributed by atoms with Crippen LogP contribution in [0.25, 0.3) is 10.8 Å². The average Bonchev–Trinajstić information content (AvgIpc) is 3.59. The van der Waals surface area contributed by atoms with Crippen LogP contribution in [0.15, 0.2) is 63.5 Å². The van der Waals surface area contributed by atoms with Gasteiger partial charge in [-0.05, 0) is 57.2 Å². The molecule has 0 bridgehead atoms. The summed E-state index contributed by atoms with van der Waals surface area (Å²) in [5, 5.41) is 16.7. The van der Waals surface area contributed by atoms with Crippen molar-refractivity contribution in [1.29, 1.82) is 0 Å². The number of nitrogens with zero attached hydrogens (tertiary/aromatic N) is 5. The third kappa shape index (κ3) is 12.7. The third-order valence-corrected chi connectivity index (χ3v) is 14.8. The summed E-state index contributed by atoms with van der Waals surface area (Å²) in [7, 11) is 0. The van der Waals surface area contributed by atoms with Crippen molar-refractivity contribution < 1.29 is 28.7 Å². The first kappa shape index (κ1) is 50.3. The Morgan fingerprint density at radius 3 is 2.25 bits per heavy atom. The van der Waals surface area contributed by atoms with Gasteiger partial charge < -0.3 is 37.1 Å². The number of ether oxygens (including phenoxy) is 1. The van der Waals surface area contributed by atoms with E-state index < -0.39 is 17.5 Å². The summed E-state index contributed by atoms with van der Waals surface area (Å²) in [5.74, 6) is -0.643. The lowest BCUT2D eigenvalue weighted by Crippen LogP contribution is -2.50. The summed E-state index contributed by atoms with van der Waals surface area (Å²) >= 11 is 7.98. The van der Waals surface area contributed by atoms with E-state index >= 15 is 0 Å². The summed E-state index contributed by atoms with van der Waals surface area (Å²) < 4.78 is 6.94. The molecule has 0 radical (unpaired) electrons. The monoisotopic (exact) mass is 971 g/mol. The highest BCUT2D eigenvalue weighted by Crippen LogP contribution is 2.43. The highest BCUT2D eigenvalue weighted by atomic mass is 35.5. The molecule has 3 fully saturated rings. The van der Waals surface area contributed by atoms with Crippen molar-refractivity contribution >= 4 is 86.7 Å². The molecule has 1 unspecified atom stereocenters. The molecule has 20 heteroatoms. The van der Waals surface area contributed by atoms with Gasteiger partial charge in [-0.3, -0.25) is 34.1 Å². The standard InChI is InChI=1S/C48H62ClN11O7S/c1-30-43(50)48(29-67-30)22-25-59(26-23-48)36-28-53-46(44(51)57-36)68-35-16-12-15-33(42(35)49)56-39(63)21-20-37(61)52-24-10-8-6-4-2-3-5-7-9-17-38(62)55-32-14-11-13-31-27-54-60(47(66)41(31)32)34-18-19-40(64)58-45(34)65/h11-16,27-28,30,34,43H,2-10,17-26,29,50H2,1H3,(H2,51,57)(H,52,61)(H,55,62)(H,56,63)(H,58,64,65)/t30-,34?,43+/m1/s1. The number of hydrogen-bond acceptors (Lipinski definition) is 14. The second kappa shape index (κ2) is 23.6. The Hall–Kier alpha value is -5.63. The van der Waals surface area contributed by atoms with E-state index in [9.17, 15) is 28.8 Å². The Balaban J connectivity index is 0.718. The summed E-state index contributed by atoms with van der Waals surface area (Å²) in [5.41, 5.74) is 13.2. The second-order valence-electron chi connectivity index (χ2n) is 18.0. The van der Waals surface area contributed by atoms with Crippen molar-refractivity contribution in [1.82, 2.24) is 30.4 Å². The highest BCUT2D eigenvalue weighted by Gasteiger charge is 2.47. The zero-order chi connectivity index (χ0) is 48.2. The molecule has 7 rings (SSSR count). The maximum absolute atomic E-state index is 13.4. The zero-order valence-electron chi connectivity index (χ0n) is 38.5. The molecule has 364 valence electrons. The van der Waals surface area contributed by atoms with Gasteiger partial charge in [-0.25, -0.2) is 14.6 Å². The molecule has 18 nitrogen and oxygen atoms in total. The lowest BCUT2D eigenvalue weighted by molar-refractivity contribution is -0.136. The molecule has 0 saturated carbocycles. The topological polar surface area (TPSA) is 259 Å². The first-order valence-electron chi connectivity index (χ1n) is 23.7. The van der Waals surface area contributed by atoms with E-state index in [1.807, 2.05) is 13.0 Å². The molecule has 3 saturated heterocycles. The number of nitrogens with two attached hydrogens (primary N) is 2. The first-order valence-corrected chi connectivity index (χ1v) is 24.9. The number of amides is 5. The van der Waals surface area contributed by atoms with Gasteiger partial charge in [-0.2, -0.15) is 5.10 Å². The minimum absolute atomic E-state index is 0.00116. The van der Waals surface area contributed by atoms with E-state index in [1.54, 1.807) is 36.5 Å². The van der Waals surface area contributed by atoms with Crippen LogP contribution in [0.3, 0.4) is 0 Å². The van der Waals surface area contributed by atoms with E-state index in [-0.39, 0.29) is 78.1 Å². The Kier molecular flexibility index (Phi) is 17.4. The number of anilines is 4. The van der Waals surface area contributed by atoms with Crippen molar-refractivity contribution in [2.75, 3.05) is 47.5 Å². The zero-order valence-corrected chi connectivity index (χ0v) is 40.1. The fourth-order valence-electron chi connectivity index (χ4n) is 9.12. The Morgan fingerprint density at radius 2 is 1.54 bits per heavy atom. The van der Waals surface area contributed by atoms with E-state index in [1.165, 1.54) is 18.0 Å². The second-order valence-corrected chi connectivity index (χ2v) is 19.4. The van der Waals surface area contributed by atoms with Crippen LogP contribution in [0.4, 0.5) is 23.0 Å². The fraction of sp³-hybridized carbons (Fsp3) is 0.521. The number of rotatable bonds is 21. The number of fused-ring (bicyclic) bond motifs is 1. The van der Waals surface area contributed by atoms with Crippen molar-refractivity contribution in [3.63, 3.8) is 0 Å².